The van der Waals surface area contributed by atoms with Gasteiger partial charge in [-0.3, -0.25) is 4.79 Å². The van der Waals surface area contributed by atoms with Gasteiger partial charge in [-0.05, 0) is 51.1 Å². The monoisotopic (exact) mass is 211 g/mol. The molecular weight excluding hydrogens is 190 g/mol. The van der Waals surface area contributed by atoms with Gasteiger partial charge in [0.1, 0.15) is 0 Å². The van der Waals surface area contributed by atoms with Crippen LogP contribution in [0, 0.1) is 11.8 Å². The van der Waals surface area contributed by atoms with E-state index in [9.17, 15) is 4.79 Å². The van der Waals surface area contributed by atoms with Gasteiger partial charge in [-0.2, -0.15) is 0 Å². The predicted molar refractivity (Wildman–Crippen MR) is 58.5 cm³/mol. The normalized spacial score (nSPS) is 27.1. The lowest BCUT2D eigenvalue weighted by atomic mass is 9.86. The highest BCUT2D eigenvalue weighted by Crippen LogP contribution is 2.27. The van der Waals surface area contributed by atoms with Crippen molar-refractivity contribution >= 4 is 5.97 Å². The highest BCUT2D eigenvalue weighted by Gasteiger charge is 2.26. The summed E-state index contributed by atoms with van der Waals surface area (Å²) in [5.74, 6) is 0.993. The predicted octanol–water partition coefficient (Wildman–Crippen LogP) is 1.72. The van der Waals surface area contributed by atoms with E-state index in [0.717, 1.165) is 32.4 Å². The van der Waals surface area contributed by atoms with Gasteiger partial charge in [-0.15, -0.1) is 0 Å². The standard InChI is InChI=1S/C12H21NO2/c14-12(11-4-1-5-11)15-8-6-10-3-2-7-13-9-10/h10-11,13H,1-9H2/t10-/m0/s1. The zero-order valence-electron chi connectivity index (χ0n) is 9.34. The van der Waals surface area contributed by atoms with Gasteiger partial charge in [0.05, 0.1) is 12.5 Å². The van der Waals surface area contributed by atoms with Crippen LogP contribution >= 0.6 is 0 Å². The van der Waals surface area contributed by atoms with E-state index in [1.54, 1.807) is 0 Å². The van der Waals surface area contributed by atoms with Crippen LogP contribution in [-0.2, 0) is 9.53 Å². The molecule has 1 saturated carbocycles. The van der Waals surface area contributed by atoms with Gasteiger partial charge in [0, 0.05) is 0 Å². The van der Waals surface area contributed by atoms with Gasteiger partial charge in [0.25, 0.3) is 0 Å². The summed E-state index contributed by atoms with van der Waals surface area (Å²) in [4.78, 5) is 11.4. The van der Waals surface area contributed by atoms with Crippen LogP contribution in [0.5, 0.6) is 0 Å². The minimum Gasteiger partial charge on any atom is -0.465 e. The zero-order valence-corrected chi connectivity index (χ0v) is 9.34. The van der Waals surface area contributed by atoms with Gasteiger partial charge >= 0.3 is 5.97 Å². The van der Waals surface area contributed by atoms with Crippen molar-refractivity contribution in [1.29, 1.82) is 0 Å². The number of carbonyl (C=O) groups excluding carboxylic acids is 1. The molecule has 2 aliphatic rings. The summed E-state index contributed by atoms with van der Waals surface area (Å²) >= 11 is 0. The Labute approximate surface area is 91.6 Å². The maximum Gasteiger partial charge on any atom is 0.308 e. The maximum atomic E-state index is 11.4. The fraction of sp³-hybridized carbons (Fsp3) is 0.917. The van der Waals surface area contributed by atoms with Crippen LogP contribution in [0.1, 0.15) is 38.5 Å². The van der Waals surface area contributed by atoms with Gasteiger partial charge in [-0.1, -0.05) is 6.42 Å². The number of piperidine rings is 1. The number of nitrogens with one attached hydrogen (secondary N) is 1. The molecular formula is C12H21NO2. The summed E-state index contributed by atoms with van der Waals surface area (Å²) in [7, 11) is 0. The van der Waals surface area contributed by atoms with Crippen molar-refractivity contribution in [3.05, 3.63) is 0 Å². The van der Waals surface area contributed by atoms with Crippen molar-refractivity contribution < 1.29 is 9.53 Å². The number of ether oxygens (including phenoxy) is 1. The van der Waals surface area contributed by atoms with E-state index in [0.29, 0.717) is 12.5 Å². The van der Waals surface area contributed by atoms with E-state index >= 15 is 0 Å². The first-order valence-corrected chi connectivity index (χ1v) is 6.23. The third kappa shape index (κ3) is 3.20. The number of hydrogen-bond donors (Lipinski definition) is 1. The summed E-state index contributed by atoms with van der Waals surface area (Å²) in [5.41, 5.74) is 0. The Kier molecular flexibility index (Phi) is 4.01. The fourth-order valence-electron chi connectivity index (χ4n) is 2.26. The molecule has 0 aromatic carbocycles. The number of carbonyl (C=O) groups is 1. The highest BCUT2D eigenvalue weighted by molar-refractivity contribution is 5.73. The van der Waals surface area contributed by atoms with E-state index in [-0.39, 0.29) is 11.9 Å². The van der Waals surface area contributed by atoms with Crippen molar-refractivity contribution in [2.45, 2.75) is 38.5 Å². The quantitative estimate of drug-likeness (QED) is 0.720. The molecule has 1 heterocycles. The first kappa shape index (κ1) is 10.9. The molecule has 3 heteroatoms. The second-order valence-electron chi connectivity index (χ2n) is 4.80. The third-order valence-corrected chi connectivity index (χ3v) is 3.61. The highest BCUT2D eigenvalue weighted by atomic mass is 16.5. The molecule has 2 fully saturated rings. The van der Waals surface area contributed by atoms with E-state index in [1.807, 2.05) is 0 Å². The Hall–Kier alpha value is -0.570. The Balaban J connectivity index is 1.55. The van der Waals surface area contributed by atoms with E-state index < -0.39 is 0 Å². The Morgan fingerprint density at radius 3 is 2.73 bits per heavy atom. The van der Waals surface area contributed by atoms with Crippen LogP contribution in [-0.4, -0.2) is 25.7 Å². The average Bonchev–Trinajstić information content (AvgIpc) is 2.16. The molecule has 0 aromatic heterocycles. The molecule has 1 atom stereocenters. The van der Waals surface area contributed by atoms with Crippen molar-refractivity contribution in [3.8, 4) is 0 Å². The molecule has 1 saturated heterocycles. The molecule has 1 N–H and O–H groups in total. The molecule has 86 valence electrons. The molecule has 0 amide bonds. The van der Waals surface area contributed by atoms with Crippen LogP contribution in [0.2, 0.25) is 0 Å². The molecule has 0 aromatic rings. The minimum absolute atomic E-state index is 0.0463. The van der Waals surface area contributed by atoms with Crippen LogP contribution in [0.3, 0.4) is 0 Å². The molecule has 15 heavy (non-hydrogen) atoms. The van der Waals surface area contributed by atoms with Gasteiger partial charge in [0.2, 0.25) is 0 Å². The molecule has 0 spiro atoms. The lowest BCUT2D eigenvalue weighted by Gasteiger charge is -2.25. The Bertz CT molecular complexity index is 208. The van der Waals surface area contributed by atoms with E-state index in [1.165, 1.54) is 19.3 Å². The van der Waals surface area contributed by atoms with Crippen LogP contribution < -0.4 is 5.32 Å². The Morgan fingerprint density at radius 2 is 2.13 bits per heavy atom. The van der Waals surface area contributed by atoms with Crippen molar-refractivity contribution in [3.63, 3.8) is 0 Å². The smallest absolute Gasteiger partial charge is 0.308 e. The molecule has 0 unspecified atom stereocenters. The maximum absolute atomic E-state index is 11.4. The zero-order chi connectivity index (χ0) is 10.5. The first-order chi connectivity index (χ1) is 7.36. The van der Waals surface area contributed by atoms with Crippen molar-refractivity contribution in [2.75, 3.05) is 19.7 Å². The van der Waals surface area contributed by atoms with Gasteiger partial charge < -0.3 is 10.1 Å². The minimum atomic E-state index is 0.0463. The average molecular weight is 211 g/mol. The summed E-state index contributed by atoms with van der Waals surface area (Å²) in [6.07, 6.45) is 6.88. The molecule has 0 radical (unpaired) electrons. The summed E-state index contributed by atoms with van der Waals surface area (Å²) in [6, 6.07) is 0. The number of hydrogen-bond acceptors (Lipinski definition) is 3. The molecule has 3 nitrogen and oxygen atoms in total. The van der Waals surface area contributed by atoms with Crippen molar-refractivity contribution in [1.82, 2.24) is 5.32 Å². The largest absolute Gasteiger partial charge is 0.465 e. The summed E-state index contributed by atoms with van der Waals surface area (Å²) in [5, 5.41) is 3.38. The number of esters is 1. The SMILES string of the molecule is O=C(OCC[C@@H]1CCCNC1)C1CCC1. The van der Waals surface area contributed by atoms with Crippen LogP contribution in [0.25, 0.3) is 0 Å². The second kappa shape index (κ2) is 5.50. The van der Waals surface area contributed by atoms with Gasteiger partial charge in [0.15, 0.2) is 0 Å². The number of rotatable bonds is 4. The molecule has 2 rings (SSSR count). The van der Waals surface area contributed by atoms with Crippen LogP contribution in [0.4, 0.5) is 0 Å². The van der Waals surface area contributed by atoms with Gasteiger partial charge in [-0.25, -0.2) is 0 Å². The topological polar surface area (TPSA) is 38.3 Å². The lowest BCUT2D eigenvalue weighted by Crippen LogP contribution is -2.31. The third-order valence-electron chi connectivity index (χ3n) is 3.61. The first-order valence-electron chi connectivity index (χ1n) is 6.23. The summed E-state index contributed by atoms with van der Waals surface area (Å²) < 4.78 is 5.28. The van der Waals surface area contributed by atoms with E-state index in [4.69, 9.17) is 4.74 Å². The van der Waals surface area contributed by atoms with Crippen LogP contribution in [0.15, 0.2) is 0 Å². The summed E-state index contributed by atoms with van der Waals surface area (Å²) in [6.45, 7) is 2.88. The lowest BCUT2D eigenvalue weighted by molar-refractivity contribution is -0.151. The second-order valence-corrected chi connectivity index (χ2v) is 4.80. The molecule has 1 aliphatic heterocycles. The van der Waals surface area contributed by atoms with Crippen molar-refractivity contribution in [2.24, 2.45) is 11.8 Å². The molecule has 1 aliphatic carbocycles. The molecule has 0 bridgehead atoms. The Morgan fingerprint density at radius 1 is 1.27 bits per heavy atom. The fourth-order valence-corrected chi connectivity index (χ4v) is 2.26. The van der Waals surface area contributed by atoms with E-state index in [2.05, 4.69) is 5.32 Å².